The van der Waals surface area contributed by atoms with Crippen molar-refractivity contribution in [2.24, 2.45) is 0 Å². The summed E-state index contributed by atoms with van der Waals surface area (Å²) < 4.78 is 14.2. The fourth-order valence-electron chi connectivity index (χ4n) is 6.69. The molecule has 3 aliphatic rings. The third-order valence-electron chi connectivity index (χ3n) is 9.45. The average molecular weight is 612 g/mol. The Hall–Kier alpha value is -4.71. The molecule has 0 bridgehead atoms. The number of fused-ring (bicyclic) bond motifs is 1. The number of benzene rings is 2. The maximum absolute atomic E-state index is 14.2. The van der Waals surface area contributed by atoms with Crippen molar-refractivity contribution in [3.63, 3.8) is 0 Å². The fraction of sp³-hybridized carbons (Fsp3) is 0.394. The predicted octanol–water partition coefficient (Wildman–Crippen LogP) is 3.91. The summed E-state index contributed by atoms with van der Waals surface area (Å²) >= 11 is 0. The predicted molar refractivity (Wildman–Crippen MR) is 170 cm³/mol. The number of halogens is 1. The highest BCUT2D eigenvalue weighted by molar-refractivity contribution is 5.92. The molecular weight excluding hydrogens is 573 g/mol. The minimum atomic E-state index is -0.643. The van der Waals surface area contributed by atoms with Crippen LogP contribution in [-0.4, -0.2) is 87.3 Å². The minimum absolute atomic E-state index is 0.136. The van der Waals surface area contributed by atoms with Crippen molar-refractivity contribution in [2.45, 2.75) is 44.8 Å². The largest absolute Gasteiger partial charge is 0.505 e. The van der Waals surface area contributed by atoms with E-state index in [2.05, 4.69) is 54.7 Å². The van der Waals surface area contributed by atoms with Crippen LogP contribution in [0.1, 0.15) is 54.1 Å². The van der Waals surface area contributed by atoms with Gasteiger partial charge >= 0.3 is 0 Å². The molecule has 1 amide bonds. The van der Waals surface area contributed by atoms with Gasteiger partial charge in [0, 0.05) is 37.1 Å². The summed E-state index contributed by atoms with van der Waals surface area (Å²) in [5, 5.41) is 25.6. The lowest BCUT2D eigenvalue weighted by Crippen LogP contribution is -2.42. The first kappa shape index (κ1) is 29.0. The second-order valence-electron chi connectivity index (χ2n) is 12.2. The van der Waals surface area contributed by atoms with Crippen molar-refractivity contribution in [3.8, 4) is 16.9 Å². The number of amides is 1. The molecule has 7 rings (SSSR count). The number of aryl methyl sites for hydroxylation is 1. The number of hydrogen-bond donors (Lipinski definition) is 4. The van der Waals surface area contributed by atoms with Crippen LogP contribution in [0.2, 0.25) is 0 Å². The van der Waals surface area contributed by atoms with Gasteiger partial charge in [-0.05, 0) is 74.3 Å². The van der Waals surface area contributed by atoms with Gasteiger partial charge < -0.3 is 30.4 Å². The van der Waals surface area contributed by atoms with Gasteiger partial charge in [-0.1, -0.05) is 19.1 Å². The number of anilines is 1. The van der Waals surface area contributed by atoms with Gasteiger partial charge in [0.15, 0.2) is 11.6 Å². The molecule has 4 aromatic rings. The lowest BCUT2D eigenvalue weighted by atomic mass is 9.96. The number of phenols is 1. The number of aromatic nitrogens is 4. The number of piperidine rings is 1. The summed E-state index contributed by atoms with van der Waals surface area (Å²) in [4.78, 5) is 28.8. The highest BCUT2D eigenvalue weighted by Gasteiger charge is 2.33. The van der Waals surface area contributed by atoms with Crippen LogP contribution in [0.4, 0.5) is 10.2 Å². The number of likely N-dealkylation sites (tertiary alicyclic amines) is 1. The molecule has 2 aromatic carbocycles. The molecule has 0 spiro atoms. The summed E-state index contributed by atoms with van der Waals surface area (Å²) in [7, 11) is 4.20. The molecule has 0 saturated carbocycles. The molecule has 1 unspecified atom stereocenters. The zero-order valence-corrected chi connectivity index (χ0v) is 25.8. The molecule has 45 heavy (non-hydrogen) atoms. The van der Waals surface area contributed by atoms with Crippen molar-refractivity contribution in [3.05, 3.63) is 76.9 Å². The van der Waals surface area contributed by atoms with E-state index in [9.17, 15) is 14.3 Å². The highest BCUT2D eigenvalue weighted by Crippen LogP contribution is 2.34. The van der Waals surface area contributed by atoms with E-state index >= 15 is 0 Å². The van der Waals surface area contributed by atoms with E-state index < -0.39 is 5.82 Å². The Balaban J connectivity index is 1.02. The number of carbonyl (C=O) groups is 1. The van der Waals surface area contributed by atoms with Crippen molar-refractivity contribution in [1.29, 1.82) is 0 Å². The molecular formula is C33H38FN9O2. The molecule has 1 atom stereocenters. The van der Waals surface area contributed by atoms with Crippen LogP contribution in [0, 0.1) is 5.82 Å². The monoisotopic (exact) mass is 611 g/mol. The first-order chi connectivity index (χ1) is 21.8. The maximum atomic E-state index is 14.2. The van der Waals surface area contributed by atoms with Crippen LogP contribution in [0.15, 0.2) is 54.1 Å². The van der Waals surface area contributed by atoms with Crippen LogP contribution < -0.4 is 15.5 Å². The van der Waals surface area contributed by atoms with Gasteiger partial charge in [0.2, 0.25) is 0 Å². The lowest BCUT2D eigenvalue weighted by molar-refractivity contribution is 0.0755. The van der Waals surface area contributed by atoms with Crippen LogP contribution in [0.5, 0.6) is 5.75 Å². The van der Waals surface area contributed by atoms with Gasteiger partial charge in [-0.15, -0.1) is 0 Å². The third kappa shape index (κ3) is 5.43. The van der Waals surface area contributed by atoms with Crippen molar-refractivity contribution in [1.82, 2.24) is 40.6 Å². The second-order valence-corrected chi connectivity index (χ2v) is 12.2. The summed E-state index contributed by atoms with van der Waals surface area (Å²) in [6.07, 6.45) is 6.56. The molecule has 0 aliphatic carbocycles. The zero-order chi connectivity index (χ0) is 31.2. The molecule has 4 N–H and O–H groups in total. The molecule has 12 heteroatoms. The van der Waals surface area contributed by atoms with Gasteiger partial charge in [-0.2, -0.15) is 5.10 Å². The Labute approximate surface area is 261 Å². The van der Waals surface area contributed by atoms with Gasteiger partial charge in [-0.25, -0.2) is 14.4 Å². The minimum Gasteiger partial charge on any atom is -0.505 e. The first-order valence-electron chi connectivity index (χ1n) is 15.6. The Bertz CT molecular complexity index is 1780. The molecule has 234 valence electrons. The number of rotatable bonds is 6. The quantitative estimate of drug-likeness (QED) is 0.257. The van der Waals surface area contributed by atoms with Gasteiger partial charge in [0.1, 0.15) is 23.4 Å². The third-order valence-corrected chi connectivity index (χ3v) is 9.45. The Morgan fingerprint density at radius 1 is 1.09 bits per heavy atom. The van der Waals surface area contributed by atoms with E-state index in [1.165, 1.54) is 12.1 Å². The van der Waals surface area contributed by atoms with Crippen LogP contribution >= 0.6 is 0 Å². The van der Waals surface area contributed by atoms with Gasteiger partial charge in [0.25, 0.3) is 5.91 Å². The van der Waals surface area contributed by atoms with E-state index in [0.29, 0.717) is 37.7 Å². The van der Waals surface area contributed by atoms with E-state index in [0.717, 1.165) is 76.4 Å². The van der Waals surface area contributed by atoms with Gasteiger partial charge in [0.05, 0.1) is 30.2 Å². The van der Waals surface area contributed by atoms with Crippen LogP contribution in [-0.2, 0) is 6.42 Å². The SMILES string of the molecule is CCc1cc(O)c(F)cc1-c1ccc2c(C3NC4=C(CN(C(=O)c5cnc(N(C)C6CCN(C)CC6)cn5)CC4)N3)n[nH]c2c1. The second kappa shape index (κ2) is 11.7. The van der Waals surface area contributed by atoms with E-state index in [1.807, 2.05) is 25.1 Å². The molecule has 3 aliphatic heterocycles. The molecule has 1 saturated heterocycles. The molecule has 11 nitrogen and oxygen atoms in total. The Morgan fingerprint density at radius 2 is 1.89 bits per heavy atom. The summed E-state index contributed by atoms with van der Waals surface area (Å²) in [5.41, 5.74) is 6.47. The number of carbonyl (C=O) groups excluding carboxylic acids is 1. The molecule has 2 aromatic heterocycles. The van der Waals surface area contributed by atoms with Crippen LogP contribution in [0.25, 0.3) is 22.0 Å². The van der Waals surface area contributed by atoms with E-state index in [1.54, 1.807) is 17.3 Å². The van der Waals surface area contributed by atoms with Crippen molar-refractivity contribution in [2.75, 3.05) is 45.2 Å². The number of aromatic hydroxyl groups is 1. The van der Waals surface area contributed by atoms with Crippen LogP contribution in [0.3, 0.4) is 0 Å². The lowest BCUT2D eigenvalue weighted by Gasteiger charge is -2.35. The van der Waals surface area contributed by atoms with Crippen molar-refractivity contribution < 1.29 is 14.3 Å². The number of aromatic amines is 1. The number of phenolic OH excluding ortho intramolecular Hbond substituents is 1. The molecule has 5 heterocycles. The molecule has 1 fully saturated rings. The number of hydrogen-bond acceptors (Lipinski definition) is 9. The summed E-state index contributed by atoms with van der Waals surface area (Å²) in [6.45, 7) is 5.12. The standard InChI is InChI=1S/C33H38FN9O2/c1-4-19-14-29(44)24(34)15-23(19)20-5-6-22-26(13-20)39-40-31(22)32-37-25-9-12-43(18-28(25)38-32)33(45)27-16-36-30(17-35-27)42(3)21-7-10-41(2)11-8-21/h5-6,13-17,21,32,37-38,44H,4,7-12,18H2,1-3H3,(H,39,40). The number of H-pyrrole nitrogens is 1. The normalized spacial score (nSPS) is 19.0. The topological polar surface area (TPSA) is 126 Å². The van der Waals surface area contributed by atoms with E-state index in [4.69, 9.17) is 0 Å². The smallest absolute Gasteiger partial charge is 0.274 e. The Kier molecular flexibility index (Phi) is 7.52. The summed E-state index contributed by atoms with van der Waals surface area (Å²) in [6, 6.07) is 9.18. The highest BCUT2D eigenvalue weighted by atomic mass is 19.1. The maximum Gasteiger partial charge on any atom is 0.274 e. The zero-order valence-electron chi connectivity index (χ0n) is 25.8. The fourth-order valence-corrected chi connectivity index (χ4v) is 6.69. The Morgan fingerprint density at radius 3 is 2.64 bits per heavy atom. The van der Waals surface area contributed by atoms with Gasteiger partial charge in [-0.3, -0.25) is 9.89 Å². The average Bonchev–Trinajstić information content (AvgIpc) is 3.69. The van der Waals surface area contributed by atoms with E-state index in [-0.39, 0.29) is 17.8 Å². The molecule has 0 radical (unpaired) electrons. The number of nitrogens with one attached hydrogen (secondary N) is 3. The number of nitrogens with zero attached hydrogens (tertiary/aromatic N) is 6. The van der Waals surface area contributed by atoms with Crippen molar-refractivity contribution >= 4 is 22.6 Å². The summed E-state index contributed by atoms with van der Waals surface area (Å²) in [5.74, 6) is -0.334. The first-order valence-corrected chi connectivity index (χ1v) is 15.6.